The lowest BCUT2D eigenvalue weighted by Crippen LogP contribution is -2.00. The summed E-state index contributed by atoms with van der Waals surface area (Å²) in [7, 11) is 0. The van der Waals surface area contributed by atoms with Crippen molar-refractivity contribution in [1.82, 2.24) is 15.0 Å². The first-order valence-electron chi connectivity index (χ1n) is 18.8. The van der Waals surface area contributed by atoms with Gasteiger partial charge in [0.15, 0.2) is 17.5 Å². The summed E-state index contributed by atoms with van der Waals surface area (Å²) in [6, 6.07) is 68.2. The molecule has 0 radical (unpaired) electrons. The van der Waals surface area contributed by atoms with E-state index in [4.69, 9.17) is 19.4 Å². The number of furan rings is 1. The predicted molar refractivity (Wildman–Crippen MR) is 230 cm³/mol. The van der Waals surface area contributed by atoms with Gasteiger partial charge < -0.3 is 4.42 Å². The molecule has 0 saturated heterocycles. The Morgan fingerprint density at radius 3 is 1.51 bits per heavy atom. The Morgan fingerprint density at radius 1 is 0.351 bits per heavy atom. The van der Waals surface area contributed by atoms with E-state index in [0.717, 1.165) is 72.0 Å². The molecular formula is C52H32N4O. The summed E-state index contributed by atoms with van der Waals surface area (Å²) in [6.07, 6.45) is 0. The second-order valence-corrected chi connectivity index (χ2v) is 14.0. The quantitative estimate of drug-likeness (QED) is 0.163. The van der Waals surface area contributed by atoms with Gasteiger partial charge in [0.05, 0.1) is 11.6 Å². The van der Waals surface area contributed by atoms with E-state index in [0.29, 0.717) is 23.0 Å². The van der Waals surface area contributed by atoms with Crippen LogP contribution in [0.3, 0.4) is 0 Å². The highest BCUT2D eigenvalue weighted by Gasteiger charge is 2.17. The molecule has 0 aliphatic carbocycles. The molecule has 0 aliphatic rings. The van der Waals surface area contributed by atoms with Crippen LogP contribution in [0.25, 0.3) is 101 Å². The number of hydrogen-bond donors (Lipinski definition) is 0. The van der Waals surface area contributed by atoms with Crippen LogP contribution in [0.15, 0.2) is 199 Å². The lowest BCUT2D eigenvalue weighted by atomic mass is 9.96. The first-order valence-corrected chi connectivity index (χ1v) is 18.8. The van der Waals surface area contributed by atoms with Crippen molar-refractivity contribution in [2.75, 3.05) is 0 Å². The zero-order valence-electron chi connectivity index (χ0n) is 30.7. The van der Waals surface area contributed by atoms with Crippen LogP contribution in [-0.2, 0) is 0 Å². The molecule has 10 aromatic rings. The minimum Gasteiger partial charge on any atom is -0.456 e. The maximum Gasteiger partial charge on any atom is 0.164 e. The summed E-state index contributed by atoms with van der Waals surface area (Å²) in [4.78, 5) is 15.2. The molecule has 2 heterocycles. The number of fused-ring (bicyclic) bond motifs is 3. The number of rotatable bonds is 7. The van der Waals surface area contributed by atoms with Gasteiger partial charge in [-0.15, -0.1) is 0 Å². The molecule has 0 atom stereocenters. The van der Waals surface area contributed by atoms with Gasteiger partial charge in [0, 0.05) is 27.5 Å². The van der Waals surface area contributed by atoms with E-state index in [2.05, 4.69) is 97.1 Å². The van der Waals surface area contributed by atoms with Crippen LogP contribution in [0.2, 0.25) is 0 Å². The molecule has 2 aromatic heterocycles. The second-order valence-electron chi connectivity index (χ2n) is 14.0. The Morgan fingerprint density at radius 2 is 0.825 bits per heavy atom. The van der Waals surface area contributed by atoms with Crippen molar-refractivity contribution in [2.45, 2.75) is 0 Å². The minimum absolute atomic E-state index is 0.546. The van der Waals surface area contributed by atoms with Gasteiger partial charge >= 0.3 is 0 Å². The average Bonchev–Trinajstić information content (AvgIpc) is 3.68. The largest absolute Gasteiger partial charge is 0.456 e. The lowest BCUT2D eigenvalue weighted by molar-refractivity contribution is 0.669. The summed E-state index contributed by atoms with van der Waals surface area (Å²) in [6.45, 7) is 0. The van der Waals surface area contributed by atoms with Gasteiger partial charge in [0.25, 0.3) is 0 Å². The first-order chi connectivity index (χ1) is 28.2. The van der Waals surface area contributed by atoms with Crippen LogP contribution >= 0.6 is 0 Å². The Hall–Kier alpha value is -7.94. The molecule has 0 unspecified atom stereocenters. The average molecular weight is 729 g/mol. The van der Waals surface area contributed by atoms with E-state index < -0.39 is 0 Å². The SMILES string of the molecule is N#Cc1cccc(-c2ccc(-c3nc(-c4cccc(-c5ccccc5)c4)nc(-c4ccc5c(c4)oc4cccc(-c6ccc(-c7ccccc7)cc6)c45)n3)cc2)c1. The van der Waals surface area contributed by atoms with Crippen LogP contribution in [0.5, 0.6) is 0 Å². The maximum atomic E-state index is 9.44. The fraction of sp³-hybridized carbons (Fsp3) is 0. The number of hydrogen-bond acceptors (Lipinski definition) is 5. The zero-order valence-corrected chi connectivity index (χ0v) is 30.7. The summed E-state index contributed by atoms with van der Waals surface area (Å²) in [5, 5.41) is 11.5. The van der Waals surface area contributed by atoms with E-state index in [9.17, 15) is 5.26 Å². The monoisotopic (exact) mass is 728 g/mol. The van der Waals surface area contributed by atoms with Gasteiger partial charge in [-0.2, -0.15) is 5.26 Å². The molecule has 0 spiro atoms. The highest BCUT2D eigenvalue weighted by atomic mass is 16.3. The molecule has 0 N–H and O–H groups in total. The third-order valence-electron chi connectivity index (χ3n) is 10.4. The van der Waals surface area contributed by atoms with Gasteiger partial charge in [-0.25, -0.2) is 15.0 Å². The van der Waals surface area contributed by atoms with Crippen LogP contribution in [0, 0.1) is 11.3 Å². The normalized spacial score (nSPS) is 11.1. The third kappa shape index (κ3) is 6.52. The summed E-state index contributed by atoms with van der Waals surface area (Å²) in [5.74, 6) is 1.68. The molecule has 0 saturated carbocycles. The molecule has 0 bridgehead atoms. The number of nitrogens with zero attached hydrogens (tertiary/aromatic N) is 4. The number of aromatic nitrogens is 3. The van der Waals surface area contributed by atoms with Crippen molar-refractivity contribution in [3.63, 3.8) is 0 Å². The van der Waals surface area contributed by atoms with Gasteiger partial charge in [-0.05, 0) is 80.9 Å². The molecular weight excluding hydrogens is 697 g/mol. The minimum atomic E-state index is 0.546. The molecule has 5 nitrogen and oxygen atoms in total. The van der Waals surface area contributed by atoms with Gasteiger partial charge in [0.1, 0.15) is 11.2 Å². The Kier molecular flexibility index (Phi) is 8.48. The predicted octanol–water partition coefficient (Wildman–Crippen LogP) is 13.3. The molecule has 5 heteroatoms. The third-order valence-corrected chi connectivity index (χ3v) is 10.4. The van der Waals surface area contributed by atoms with E-state index in [1.165, 1.54) is 11.1 Å². The topological polar surface area (TPSA) is 75.6 Å². The van der Waals surface area contributed by atoms with E-state index in [1.807, 2.05) is 103 Å². The molecule has 0 aliphatic heterocycles. The molecule has 0 amide bonds. The second kappa shape index (κ2) is 14.4. The van der Waals surface area contributed by atoms with E-state index in [-0.39, 0.29) is 0 Å². The highest BCUT2D eigenvalue weighted by Crippen LogP contribution is 2.39. The van der Waals surface area contributed by atoms with Crippen LogP contribution < -0.4 is 0 Å². The van der Waals surface area contributed by atoms with Crippen LogP contribution in [0.4, 0.5) is 0 Å². The molecule has 57 heavy (non-hydrogen) atoms. The first kappa shape index (κ1) is 33.6. The van der Waals surface area contributed by atoms with Gasteiger partial charge in [0.2, 0.25) is 0 Å². The number of benzene rings is 8. The van der Waals surface area contributed by atoms with Crippen molar-refractivity contribution in [3.8, 4) is 84.7 Å². The smallest absolute Gasteiger partial charge is 0.164 e. The molecule has 0 fully saturated rings. The highest BCUT2D eigenvalue weighted by molar-refractivity contribution is 6.13. The Balaban J connectivity index is 1.07. The zero-order chi connectivity index (χ0) is 38.1. The molecule has 10 rings (SSSR count). The lowest BCUT2D eigenvalue weighted by Gasteiger charge is -2.10. The Bertz CT molecular complexity index is 3110. The fourth-order valence-corrected chi connectivity index (χ4v) is 7.49. The van der Waals surface area contributed by atoms with Crippen molar-refractivity contribution >= 4 is 21.9 Å². The summed E-state index contributed by atoms with van der Waals surface area (Å²) in [5.41, 5.74) is 13.5. The molecule has 8 aromatic carbocycles. The van der Waals surface area contributed by atoms with Crippen LogP contribution in [0.1, 0.15) is 5.56 Å². The van der Waals surface area contributed by atoms with E-state index in [1.54, 1.807) is 0 Å². The number of nitriles is 1. The van der Waals surface area contributed by atoms with Crippen molar-refractivity contribution < 1.29 is 4.42 Å². The fourth-order valence-electron chi connectivity index (χ4n) is 7.49. The van der Waals surface area contributed by atoms with Gasteiger partial charge in [-0.3, -0.25) is 0 Å². The summed E-state index contributed by atoms with van der Waals surface area (Å²) < 4.78 is 6.54. The molecule has 266 valence electrons. The van der Waals surface area contributed by atoms with Gasteiger partial charge in [-0.1, -0.05) is 158 Å². The van der Waals surface area contributed by atoms with Crippen molar-refractivity contribution in [3.05, 3.63) is 200 Å². The maximum absolute atomic E-state index is 9.44. The summed E-state index contributed by atoms with van der Waals surface area (Å²) >= 11 is 0. The van der Waals surface area contributed by atoms with Crippen molar-refractivity contribution in [1.29, 1.82) is 5.26 Å². The van der Waals surface area contributed by atoms with Crippen molar-refractivity contribution in [2.24, 2.45) is 0 Å². The Labute approximate surface area is 329 Å². The standard InChI is InChI=1S/C52H32N4O/c53-33-34-10-7-15-41(30-34)38-22-26-40(27-23-38)50-54-51(43-17-8-16-42(31-43)36-13-5-2-6-14-36)56-52(55-50)44-28-29-46-48(32-44)57-47-19-9-18-45(49(46)47)39-24-20-37(21-25-39)35-11-3-1-4-12-35/h1-32H. The van der Waals surface area contributed by atoms with Crippen LogP contribution in [-0.4, -0.2) is 15.0 Å². The van der Waals surface area contributed by atoms with E-state index >= 15 is 0 Å².